The zero-order chi connectivity index (χ0) is 13.2. The lowest BCUT2D eigenvalue weighted by Gasteiger charge is -2.24. The van der Waals surface area contributed by atoms with Gasteiger partial charge in [0.05, 0.1) is 0 Å². The Morgan fingerprint density at radius 2 is 2.11 bits per heavy atom. The number of carbonyl (C=O) groups is 1. The van der Waals surface area contributed by atoms with Crippen LogP contribution in [0.15, 0.2) is 43.0 Å². The van der Waals surface area contributed by atoms with Gasteiger partial charge in [0.15, 0.2) is 0 Å². The van der Waals surface area contributed by atoms with Crippen molar-refractivity contribution in [3.8, 4) is 0 Å². The van der Waals surface area contributed by atoms with Gasteiger partial charge >= 0.3 is 0 Å². The van der Waals surface area contributed by atoms with Crippen LogP contribution in [0.3, 0.4) is 0 Å². The smallest absolute Gasteiger partial charge is 0.246 e. The van der Waals surface area contributed by atoms with E-state index >= 15 is 0 Å². The Morgan fingerprint density at radius 3 is 2.84 bits per heavy atom. The number of carbonyl (C=O) groups excluding carboxylic acids is 1. The normalized spacial score (nSPS) is 26.4. The third-order valence-corrected chi connectivity index (χ3v) is 4.38. The van der Waals surface area contributed by atoms with Crippen LogP contribution in [0, 0.1) is 5.92 Å². The first-order chi connectivity index (χ1) is 9.28. The topological polar surface area (TPSA) is 23.6 Å². The third kappa shape index (κ3) is 2.43. The summed E-state index contributed by atoms with van der Waals surface area (Å²) in [6.45, 7) is 7.50. The molecule has 3 nitrogen and oxygen atoms in total. The fraction of sp³-hybridized carbons (Fsp3) is 0.438. The van der Waals surface area contributed by atoms with Crippen molar-refractivity contribution in [2.45, 2.75) is 19.0 Å². The molecule has 19 heavy (non-hydrogen) atoms. The van der Waals surface area contributed by atoms with Crippen molar-refractivity contribution in [3.05, 3.63) is 48.6 Å². The van der Waals surface area contributed by atoms with Gasteiger partial charge in [-0.3, -0.25) is 9.69 Å². The summed E-state index contributed by atoms with van der Waals surface area (Å²) in [5, 5.41) is 0. The third-order valence-electron chi connectivity index (χ3n) is 4.38. The van der Waals surface area contributed by atoms with Crippen molar-refractivity contribution in [2.75, 3.05) is 19.6 Å². The van der Waals surface area contributed by atoms with Crippen LogP contribution in [-0.2, 0) is 11.3 Å². The van der Waals surface area contributed by atoms with Crippen LogP contribution >= 0.6 is 0 Å². The molecular formula is C16H20N2O. The molecule has 100 valence electrons. The zero-order valence-corrected chi connectivity index (χ0v) is 11.2. The molecule has 2 atom stereocenters. The zero-order valence-electron chi connectivity index (χ0n) is 11.2. The van der Waals surface area contributed by atoms with E-state index in [1.807, 2.05) is 4.90 Å². The second-order valence-electron chi connectivity index (χ2n) is 5.52. The Morgan fingerprint density at radius 1 is 1.32 bits per heavy atom. The van der Waals surface area contributed by atoms with Crippen LogP contribution in [-0.4, -0.2) is 41.4 Å². The molecule has 0 bridgehead atoms. The Hall–Kier alpha value is -1.61. The highest BCUT2D eigenvalue weighted by Gasteiger charge is 2.41. The predicted octanol–water partition coefficient (Wildman–Crippen LogP) is 1.91. The molecule has 0 spiro atoms. The standard InChI is InChI=1S/C16H20N2O/c1-2-16(19)18-11-14-8-9-17(15(14)12-18)10-13-6-4-3-5-7-13/h2-7,14-15H,1,8-12H2. The molecule has 2 aliphatic heterocycles. The second kappa shape index (κ2) is 5.17. The van der Waals surface area contributed by atoms with E-state index in [2.05, 4.69) is 41.8 Å². The monoisotopic (exact) mass is 256 g/mol. The molecule has 0 N–H and O–H groups in total. The maximum Gasteiger partial charge on any atom is 0.246 e. The van der Waals surface area contributed by atoms with Crippen LogP contribution in [0.25, 0.3) is 0 Å². The minimum absolute atomic E-state index is 0.0778. The lowest BCUT2D eigenvalue weighted by Crippen LogP contribution is -2.36. The number of hydrogen-bond acceptors (Lipinski definition) is 2. The predicted molar refractivity (Wildman–Crippen MR) is 75.5 cm³/mol. The van der Waals surface area contributed by atoms with Crippen molar-refractivity contribution in [1.82, 2.24) is 9.80 Å². The Balaban J connectivity index is 1.66. The first-order valence-corrected chi connectivity index (χ1v) is 6.97. The van der Waals surface area contributed by atoms with Crippen LogP contribution in [0.2, 0.25) is 0 Å². The first kappa shape index (κ1) is 12.4. The molecule has 2 aliphatic rings. The molecule has 2 heterocycles. The number of hydrogen-bond donors (Lipinski definition) is 0. The minimum Gasteiger partial charge on any atom is -0.337 e. The molecule has 2 saturated heterocycles. The lowest BCUT2D eigenvalue weighted by atomic mass is 10.0. The van der Waals surface area contributed by atoms with Crippen LogP contribution < -0.4 is 0 Å². The van der Waals surface area contributed by atoms with Gasteiger partial charge in [0.25, 0.3) is 0 Å². The van der Waals surface area contributed by atoms with Crippen molar-refractivity contribution in [1.29, 1.82) is 0 Å². The summed E-state index contributed by atoms with van der Waals surface area (Å²) in [5.74, 6) is 0.724. The minimum atomic E-state index is 0.0778. The van der Waals surface area contributed by atoms with E-state index in [0.717, 1.165) is 26.2 Å². The summed E-state index contributed by atoms with van der Waals surface area (Å²) < 4.78 is 0. The van der Waals surface area contributed by atoms with Crippen LogP contribution in [0.4, 0.5) is 0 Å². The van der Waals surface area contributed by atoms with Gasteiger partial charge < -0.3 is 4.90 Å². The number of rotatable bonds is 3. The van der Waals surface area contributed by atoms with E-state index in [9.17, 15) is 4.79 Å². The summed E-state index contributed by atoms with van der Waals surface area (Å²) in [5.41, 5.74) is 1.36. The molecule has 0 saturated carbocycles. The van der Waals surface area contributed by atoms with Gasteiger partial charge in [-0.2, -0.15) is 0 Å². The highest BCUT2D eigenvalue weighted by Crippen LogP contribution is 2.32. The summed E-state index contributed by atoms with van der Waals surface area (Å²) in [6.07, 6.45) is 2.64. The molecule has 1 aromatic rings. The highest BCUT2D eigenvalue weighted by molar-refractivity contribution is 5.87. The maximum atomic E-state index is 11.7. The molecule has 3 heteroatoms. The first-order valence-electron chi connectivity index (χ1n) is 6.97. The SMILES string of the molecule is C=CC(=O)N1CC2CCN(Cc3ccccc3)C2C1. The summed E-state index contributed by atoms with van der Waals surface area (Å²) >= 11 is 0. The molecule has 2 fully saturated rings. The summed E-state index contributed by atoms with van der Waals surface area (Å²) in [7, 11) is 0. The summed E-state index contributed by atoms with van der Waals surface area (Å²) in [4.78, 5) is 16.2. The van der Waals surface area contributed by atoms with Gasteiger partial charge in [-0.1, -0.05) is 36.9 Å². The molecule has 0 aliphatic carbocycles. The quantitative estimate of drug-likeness (QED) is 0.771. The van der Waals surface area contributed by atoms with Gasteiger partial charge in [0, 0.05) is 25.7 Å². The number of nitrogens with zero attached hydrogens (tertiary/aromatic N) is 2. The van der Waals surface area contributed by atoms with Crippen molar-refractivity contribution in [3.63, 3.8) is 0 Å². The number of likely N-dealkylation sites (tertiary alicyclic amines) is 2. The van der Waals surface area contributed by atoms with Gasteiger partial charge in [0.1, 0.15) is 0 Å². The highest BCUT2D eigenvalue weighted by atomic mass is 16.2. The molecule has 1 aromatic carbocycles. The van der Waals surface area contributed by atoms with Gasteiger partial charge in [-0.15, -0.1) is 0 Å². The van der Waals surface area contributed by atoms with E-state index in [1.165, 1.54) is 18.1 Å². The van der Waals surface area contributed by atoms with Crippen LogP contribution in [0.1, 0.15) is 12.0 Å². The fourth-order valence-corrected chi connectivity index (χ4v) is 3.37. The van der Waals surface area contributed by atoms with E-state index in [-0.39, 0.29) is 5.91 Å². The average molecular weight is 256 g/mol. The van der Waals surface area contributed by atoms with Crippen molar-refractivity contribution < 1.29 is 4.79 Å². The van der Waals surface area contributed by atoms with E-state index < -0.39 is 0 Å². The molecule has 3 rings (SSSR count). The van der Waals surface area contributed by atoms with Gasteiger partial charge in [-0.25, -0.2) is 0 Å². The average Bonchev–Trinajstić information content (AvgIpc) is 3.01. The second-order valence-corrected chi connectivity index (χ2v) is 5.52. The van der Waals surface area contributed by atoms with Crippen molar-refractivity contribution in [2.24, 2.45) is 5.92 Å². The van der Waals surface area contributed by atoms with E-state index in [1.54, 1.807) is 0 Å². The van der Waals surface area contributed by atoms with E-state index in [4.69, 9.17) is 0 Å². The number of benzene rings is 1. The Kier molecular flexibility index (Phi) is 3.38. The Labute approximate surface area is 114 Å². The van der Waals surface area contributed by atoms with Crippen LogP contribution in [0.5, 0.6) is 0 Å². The van der Waals surface area contributed by atoms with E-state index in [0.29, 0.717) is 12.0 Å². The maximum absolute atomic E-state index is 11.7. The van der Waals surface area contributed by atoms with Gasteiger partial charge in [0.2, 0.25) is 5.91 Å². The molecule has 1 amide bonds. The lowest BCUT2D eigenvalue weighted by molar-refractivity contribution is -0.125. The van der Waals surface area contributed by atoms with Crippen molar-refractivity contribution >= 4 is 5.91 Å². The number of amides is 1. The number of fused-ring (bicyclic) bond motifs is 1. The summed E-state index contributed by atoms with van der Waals surface area (Å²) in [6, 6.07) is 11.1. The molecule has 0 aromatic heterocycles. The molecular weight excluding hydrogens is 236 g/mol. The molecule has 0 radical (unpaired) electrons. The molecule has 2 unspecified atom stereocenters. The largest absolute Gasteiger partial charge is 0.337 e. The fourth-order valence-electron chi connectivity index (χ4n) is 3.37. The van der Waals surface area contributed by atoms with Gasteiger partial charge in [-0.05, 0) is 30.5 Å². The Bertz CT molecular complexity index is 471.